The molecule has 1 aromatic rings. The number of aryl methyl sites for hydroxylation is 1. The van der Waals surface area contributed by atoms with E-state index in [1.165, 1.54) is 0 Å². The zero-order valence-electron chi connectivity index (χ0n) is 16.5. The van der Waals surface area contributed by atoms with Gasteiger partial charge in [-0.3, -0.25) is 4.79 Å². The maximum Gasteiger partial charge on any atom is 0.256 e. The Morgan fingerprint density at radius 1 is 1.20 bits per heavy atom. The monoisotopic (exact) mass is 350 g/mol. The number of anilines is 1. The molecule has 0 spiro atoms. The van der Waals surface area contributed by atoms with Gasteiger partial charge in [-0.05, 0) is 39.7 Å². The van der Waals surface area contributed by atoms with Gasteiger partial charge in [-0.15, -0.1) is 0 Å². The first-order chi connectivity index (χ1) is 12.0. The van der Waals surface area contributed by atoms with Crippen LogP contribution in [0.25, 0.3) is 0 Å². The fourth-order valence-electron chi connectivity index (χ4n) is 2.64. The van der Waals surface area contributed by atoms with Crippen LogP contribution in [0.1, 0.15) is 71.8 Å². The van der Waals surface area contributed by atoms with Crippen molar-refractivity contribution in [2.75, 3.05) is 18.5 Å². The van der Waals surface area contributed by atoms with Crippen LogP contribution in [-0.2, 0) is 9.53 Å². The average Bonchev–Trinajstić information content (AvgIpc) is 2.57. The standard InChI is InChI=1S/C20H34N2O3/c1-6-9-11-12-20(5,25-8-3)19(23)22-17-14-16(4)18(21-15-17)24-13-10-7-2/h14-15H,6-13H2,1-5H3,(H,22,23). The van der Waals surface area contributed by atoms with Gasteiger partial charge in [0.1, 0.15) is 5.60 Å². The summed E-state index contributed by atoms with van der Waals surface area (Å²) in [5.41, 5.74) is 0.776. The fourth-order valence-corrected chi connectivity index (χ4v) is 2.64. The summed E-state index contributed by atoms with van der Waals surface area (Å²) in [6.45, 7) is 11.2. The minimum atomic E-state index is -0.811. The molecule has 0 bridgehead atoms. The lowest BCUT2D eigenvalue weighted by Gasteiger charge is -2.28. The van der Waals surface area contributed by atoms with Crippen LogP contribution in [0.5, 0.6) is 5.88 Å². The van der Waals surface area contributed by atoms with Crippen molar-refractivity contribution < 1.29 is 14.3 Å². The molecule has 25 heavy (non-hydrogen) atoms. The fraction of sp³-hybridized carbons (Fsp3) is 0.700. The van der Waals surface area contributed by atoms with Crippen molar-refractivity contribution in [2.24, 2.45) is 0 Å². The molecule has 5 nitrogen and oxygen atoms in total. The third-order valence-electron chi connectivity index (χ3n) is 4.23. The van der Waals surface area contributed by atoms with E-state index in [2.05, 4.69) is 24.1 Å². The Labute approximate surface area is 152 Å². The van der Waals surface area contributed by atoms with Gasteiger partial charge < -0.3 is 14.8 Å². The molecule has 1 rings (SSSR count). The zero-order valence-corrected chi connectivity index (χ0v) is 16.5. The lowest BCUT2D eigenvalue weighted by molar-refractivity contribution is -0.139. The number of nitrogens with zero attached hydrogens (tertiary/aromatic N) is 1. The summed E-state index contributed by atoms with van der Waals surface area (Å²) in [6, 6.07) is 1.89. The van der Waals surface area contributed by atoms with Crippen LogP contribution >= 0.6 is 0 Å². The first kappa shape index (κ1) is 21.4. The predicted octanol–water partition coefficient (Wildman–Crippen LogP) is 4.88. The minimum Gasteiger partial charge on any atom is -0.477 e. The number of hydrogen-bond acceptors (Lipinski definition) is 4. The molecule has 0 aromatic carbocycles. The largest absolute Gasteiger partial charge is 0.477 e. The number of rotatable bonds is 12. The number of unbranched alkanes of at least 4 members (excludes halogenated alkanes) is 3. The van der Waals surface area contributed by atoms with Crippen molar-refractivity contribution in [3.63, 3.8) is 0 Å². The quantitative estimate of drug-likeness (QED) is 0.546. The van der Waals surface area contributed by atoms with E-state index in [9.17, 15) is 4.79 Å². The molecule has 0 saturated carbocycles. The SMILES string of the molecule is CCCCCC(C)(OCC)C(=O)Nc1cnc(OCCCC)c(C)c1. The molecule has 1 aromatic heterocycles. The van der Waals surface area contributed by atoms with E-state index in [4.69, 9.17) is 9.47 Å². The maximum atomic E-state index is 12.7. The molecule has 0 saturated heterocycles. The second kappa shape index (κ2) is 11.1. The predicted molar refractivity (Wildman–Crippen MR) is 102 cm³/mol. The van der Waals surface area contributed by atoms with E-state index in [1.54, 1.807) is 6.20 Å². The lowest BCUT2D eigenvalue weighted by Crippen LogP contribution is -2.42. The Morgan fingerprint density at radius 2 is 1.92 bits per heavy atom. The molecule has 1 unspecified atom stereocenters. The van der Waals surface area contributed by atoms with Crippen molar-refractivity contribution in [1.82, 2.24) is 4.98 Å². The summed E-state index contributed by atoms with van der Waals surface area (Å²) < 4.78 is 11.4. The van der Waals surface area contributed by atoms with Gasteiger partial charge >= 0.3 is 0 Å². The number of aromatic nitrogens is 1. The number of amides is 1. The summed E-state index contributed by atoms with van der Waals surface area (Å²) in [6.07, 6.45) is 7.63. The Kier molecular flexibility index (Phi) is 9.50. The molecule has 0 aliphatic rings. The van der Waals surface area contributed by atoms with E-state index in [-0.39, 0.29) is 5.91 Å². The van der Waals surface area contributed by atoms with Gasteiger partial charge in [-0.1, -0.05) is 39.5 Å². The topological polar surface area (TPSA) is 60.5 Å². The van der Waals surface area contributed by atoms with Gasteiger partial charge in [0.25, 0.3) is 5.91 Å². The Balaban J connectivity index is 2.74. The van der Waals surface area contributed by atoms with E-state index >= 15 is 0 Å². The highest BCUT2D eigenvalue weighted by Crippen LogP contribution is 2.24. The average molecular weight is 351 g/mol. The van der Waals surface area contributed by atoms with Crippen LogP contribution in [-0.4, -0.2) is 29.7 Å². The van der Waals surface area contributed by atoms with Gasteiger partial charge in [0.2, 0.25) is 5.88 Å². The molecular weight excluding hydrogens is 316 g/mol. The molecule has 5 heteroatoms. The highest BCUT2D eigenvalue weighted by Gasteiger charge is 2.33. The molecule has 0 aliphatic heterocycles. The van der Waals surface area contributed by atoms with Crippen LogP contribution in [0, 0.1) is 6.92 Å². The summed E-state index contributed by atoms with van der Waals surface area (Å²) in [5, 5.41) is 2.95. The van der Waals surface area contributed by atoms with Crippen LogP contribution in [0.3, 0.4) is 0 Å². The Morgan fingerprint density at radius 3 is 2.52 bits per heavy atom. The van der Waals surface area contributed by atoms with Gasteiger partial charge in [0.05, 0.1) is 18.5 Å². The van der Waals surface area contributed by atoms with Gasteiger partial charge in [-0.25, -0.2) is 4.98 Å². The Hall–Kier alpha value is -1.62. The number of pyridine rings is 1. The smallest absolute Gasteiger partial charge is 0.256 e. The van der Waals surface area contributed by atoms with E-state index in [1.807, 2.05) is 26.8 Å². The highest BCUT2D eigenvalue weighted by atomic mass is 16.5. The van der Waals surface area contributed by atoms with Crippen molar-refractivity contribution in [2.45, 2.75) is 78.7 Å². The molecule has 1 amide bonds. The number of nitrogens with one attached hydrogen (secondary N) is 1. The minimum absolute atomic E-state index is 0.119. The summed E-state index contributed by atoms with van der Waals surface area (Å²) in [7, 11) is 0. The second-order valence-corrected chi connectivity index (χ2v) is 6.62. The summed E-state index contributed by atoms with van der Waals surface area (Å²) >= 11 is 0. The van der Waals surface area contributed by atoms with Gasteiger partial charge in [0, 0.05) is 12.2 Å². The Bertz CT molecular complexity index is 534. The van der Waals surface area contributed by atoms with Crippen LogP contribution < -0.4 is 10.1 Å². The molecule has 0 aliphatic carbocycles. The molecule has 1 N–H and O–H groups in total. The van der Waals surface area contributed by atoms with Crippen LogP contribution in [0.2, 0.25) is 0 Å². The first-order valence-corrected chi connectivity index (χ1v) is 9.51. The summed E-state index contributed by atoms with van der Waals surface area (Å²) in [5.74, 6) is 0.508. The van der Waals surface area contributed by atoms with E-state index < -0.39 is 5.60 Å². The molecule has 0 fully saturated rings. The summed E-state index contributed by atoms with van der Waals surface area (Å²) in [4.78, 5) is 17.1. The number of ether oxygens (including phenoxy) is 2. The van der Waals surface area contributed by atoms with Crippen molar-refractivity contribution >= 4 is 11.6 Å². The zero-order chi connectivity index (χ0) is 18.7. The van der Waals surface area contributed by atoms with Crippen LogP contribution in [0.15, 0.2) is 12.3 Å². The highest BCUT2D eigenvalue weighted by molar-refractivity contribution is 5.97. The van der Waals surface area contributed by atoms with Crippen molar-refractivity contribution in [3.8, 4) is 5.88 Å². The second-order valence-electron chi connectivity index (χ2n) is 6.62. The maximum absolute atomic E-state index is 12.7. The van der Waals surface area contributed by atoms with Gasteiger partial charge in [-0.2, -0.15) is 0 Å². The third kappa shape index (κ3) is 7.02. The van der Waals surface area contributed by atoms with Crippen LogP contribution in [0.4, 0.5) is 5.69 Å². The normalized spacial score (nSPS) is 13.3. The number of carbonyl (C=O) groups excluding carboxylic acids is 1. The first-order valence-electron chi connectivity index (χ1n) is 9.51. The molecule has 1 heterocycles. The number of carbonyl (C=O) groups is 1. The molecular formula is C20H34N2O3. The van der Waals surface area contributed by atoms with E-state index in [0.717, 1.165) is 37.7 Å². The van der Waals surface area contributed by atoms with Crippen molar-refractivity contribution in [1.29, 1.82) is 0 Å². The molecule has 142 valence electrons. The lowest BCUT2D eigenvalue weighted by atomic mass is 9.96. The van der Waals surface area contributed by atoms with Gasteiger partial charge in [0.15, 0.2) is 0 Å². The molecule has 0 radical (unpaired) electrons. The van der Waals surface area contributed by atoms with Crippen molar-refractivity contribution in [3.05, 3.63) is 17.8 Å². The third-order valence-corrected chi connectivity index (χ3v) is 4.23. The number of hydrogen-bond donors (Lipinski definition) is 1. The van der Waals surface area contributed by atoms with E-state index in [0.29, 0.717) is 31.2 Å². The molecule has 1 atom stereocenters.